The van der Waals surface area contributed by atoms with E-state index in [4.69, 9.17) is 5.11 Å². The summed E-state index contributed by atoms with van der Waals surface area (Å²) in [5, 5.41) is 14.5. The van der Waals surface area contributed by atoms with Gasteiger partial charge in [0.05, 0.1) is 0 Å². The van der Waals surface area contributed by atoms with Gasteiger partial charge in [0, 0.05) is 23.2 Å². The van der Waals surface area contributed by atoms with Gasteiger partial charge in [0.25, 0.3) is 0 Å². The fourth-order valence-electron chi connectivity index (χ4n) is 2.69. The molecule has 3 aromatic rings. The molecule has 116 valence electrons. The number of nitrogens with one attached hydrogen (secondary N) is 1. The quantitative estimate of drug-likeness (QED) is 0.674. The zero-order valence-electron chi connectivity index (χ0n) is 12.8. The van der Waals surface area contributed by atoms with Gasteiger partial charge in [-0.25, -0.2) is 0 Å². The van der Waals surface area contributed by atoms with Gasteiger partial charge < -0.3 is 10.4 Å². The molecule has 3 rings (SSSR count). The van der Waals surface area contributed by atoms with Crippen molar-refractivity contribution in [2.24, 2.45) is 0 Å². The van der Waals surface area contributed by atoms with Crippen molar-refractivity contribution >= 4 is 28.1 Å². The van der Waals surface area contributed by atoms with E-state index in [2.05, 4.69) is 41.7 Å². The lowest BCUT2D eigenvalue weighted by atomic mass is 10.1. The Balaban J connectivity index is 1.71. The van der Waals surface area contributed by atoms with Crippen LogP contribution in [-0.2, 0) is 11.2 Å². The number of aliphatic carboxylic acids is 1. The second-order valence-electron chi connectivity index (χ2n) is 5.60. The monoisotopic (exact) mass is 305 g/mol. The van der Waals surface area contributed by atoms with Crippen LogP contribution in [0.5, 0.6) is 0 Å². The predicted molar refractivity (Wildman–Crippen MR) is 94.2 cm³/mol. The van der Waals surface area contributed by atoms with Gasteiger partial charge in [-0.05, 0) is 42.0 Å². The number of anilines is 2. The van der Waals surface area contributed by atoms with E-state index in [0.717, 1.165) is 23.4 Å². The van der Waals surface area contributed by atoms with Crippen molar-refractivity contribution < 1.29 is 9.90 Å². The average Bonchev–Trinajstić information content (AvgIpc) is 2.56. The summed E-state index contributed by atoms with van der Waals surface area (Å²) >= 11 is 0. The minimum absolute atomic E-state index is 0.218. The first-order valence-corrected chi connectivity index (χ1v) is 7.78. The van der Waals surface area contributed by atoms with Crippen LogP contribution in [-0.4, -0.2) is 11.1 Å². The standard InChI is InChI=1S/C20H19NO2/c22-20(23)10-3-5-15-11-13-17(14-12-15)21-19-9-4-7-16-6-1-2-8-18(16)19/h1-2,4,6-9,11-14,21H,3,5,10H2,(H,22,23). The van der Waals surface area contributed by atoms with Gasteiger partial charge in [0.2, 0.25) is 0 Å². The van der Waals surface area contributed by atoms with Crippen LogP contribution < -0.4 is 5.32 Å². The summed E-state index contributed by atoms with van der Waals surface area (Å²) < 4.78 is 0. The number of benzene rings is 3. The summed E-state index contributed by atoms with van der Waals surface area (Å²) in [6.45, 7) is 0. The minimum Gasteiger partial charge on any atom is -0.481 e. The highest BCUT2D eigenvalue weighted by Crippen LogP contribution is 2.26. The molecule has 0 amide bonds. The van der Waals surface area contributed by atoms with Gasteiger partial charge in [-0.3, -0.25) is 4.79 Å². The van der Waals surface area contributed by atoms with E-state index in [-0.39, 0.29) is 6.42 Å². The van der Waals surface area contributed by atoms with Crippen molar-refractivity contribution in [3.05, 3.63) is 72.3 Å². The van der Waals surface area contributed by atoms with Crippen molar-refractivity contribution in [3.63, 3.8) is 0 Å². The fourth-order valence-corrected chi connectivity index (χ4v) is 2.69. The molecule has 0 radical (unpaired) electrons. The predicted octanol–water partition coefficient (Wildman–Crippen LogP) is 4.99. The number of carbonyl (C=O) groups is 1. The molecular formula is C20H19NO2. The van der Waals surface area contributed by atoms with E-state index >= 15 is 0 Å². The Labute approximate surface area is 135 Å². The Kier molecular flexibility index (Phi) is 4.57. The van der Waals surface area contributed by atoms with Crippen LogP contribution in [0.4, 0.5) is 11.4 Å². The summed E-state index contributed by atoms with van der Waals surface area (Å²) in [5.74, 6) is -0.737. The Morgan fingerprint density at radius 1 is 0.913 bits per heavy atom. The topological polar surface area (TPSA) is 49.3 Å². The number of rotatable bonds is 6. The largest absolute Gasteiger partial charge is 0.481 e. The van der Waals surface area contributed by atoms with Crippen LogP contribution in [0.2, 0.25) is 0 Å². The van der Waals surface area contributed by atoms with Gasteiger partial charge in [-0.2, -0.15) is 0 Å². The maximum absolute atomic E-state index is 10.5. The van der Waals surface area contributed by atoms with E-state index in [1.807, 2.05) is 30.3 Å². The van der Waals surface area contributed by atoms with Crippen molar-refractivity contribution in [3.8, 4) is 0 Å². The molecule has 0 aliphatic carbocycles. The Morgan fingerprint density at radius 3 is 2.43 bits per heavy atom. The summed E-state index contributed by atoms with van der Waals surface area (Å²) in [6.07, 6.45) is 1.68. The van der Waals surface area contributed by atoms with Crippen LogP contribution in [0.1, 0.15) is 18.4 Å². The molecule has 3 aromatic carbocycles. The molecule has 0 spiro atoms. The molecule has 2 N–H and O–H groups in total. The summed E-state index contributed by atoms with van der Waals surface area (Å²) in [6, 6.07) is 22.7. The van der Waals surface area contributed by atoms with E-state index < -0.39 is 5.97 Å². The average molecular weight is 305 g/mol. The summed E-state index contributed by atoms with van der Waals surface area (Å²) in [5.41, 5.74) is 3.28. The normalized spacial score (nSPS) is 10.6. The van der Waals surface area contributed by atoms with E-state index in [1.165, 1.54) is 10.8 Å². The van der Waals surface area contributed by atoms with Crippen molar-refractivity contribution in [1.29, 1.82) is 0 Å². The maximum Gasteiger partial charge on any atom is 0.303 e. The third-order valence-electron chi connectivity index (χ3n) is 3.88. The van der Waals surface area contributed by atoms with Crippen molar-refractivity contribution in [2.45, 2.75) is 19.3 Å². The maximum atomic E-state index is 10.5. The lowest BCUT2D eigenvalue weighted by Gasteiger charge is -2.10. The molecular weight excluding hydrogens is 286 g/mol. The van der Waals surface area contributed by atoms with Crippen LogP contribution >= 0.6 is 0 Å². The lowest BCUT2D eigenvalue weighted by Crippen LogP contribution is -1.96. The molecule has 0 atom stereocenters. The van der Waals surface area contributed by atoms with Crippen molar-refractivity contribution in [1.82, 2.24) is 0 Å². The number of fused-ring (bicyclic) bond motifs is 1. The highest BCUT2D eigenvalue weighted by Gasteiger charge is 2.02. The van der Waals surface area contributed by atoms with E-state index in [0.29, 0.717) is 6.42 Å². The first-order valence-electron chi connectivity index (χ1n) is 7.78. The number of hydrogen-bond acceptors (Lipinski definition) is 2. The third-order valence-corrected chi connectivity index (χ3v) is 3.88. The third kappa shape index (κ3) is 3.89. The Bertz CT molecular complexity index is 804. The zero-order chi connectivity index (χ0) is 16.1. The van der Waals surface area contributed by atoms with Gasteiger partial charge in [0.1, 0.15) is 0 Å². The second kappa shape index (κ2) is 6.97. The molecule has 0 aliphatic rings. The van der Waals surface area contributed by atoms with Gasteiger partial charge in [-0.15, -0.1) is 0 Å². The first kappa shape index (κ1) is 15.1. The van der Waals surface area contributed by atoms with Crippen molar-refractivity contribution in [2.75, 3.05) is 5.32 Å². The number of carboxylic acid groups (broad SMARTS) is 1. The molecule has 0 heterocycles. The summed E-state index contributed by atoms with van der Waals surface area (Å²) in [4.78, 5) is 10.5. The molecule has 0 bridgehead atoms. The molecule has 0 fully saturated rings. The summed E-state index contributed by atoms with van der Waals surface area (Å²) in [7, 11) is 0. The molecule has 0 saturated heterocycles. The Hall–Kier alpha value is -2.81. The van der Waals surface area contributed by atoms with Crippen LogP contribution in [0.25, 0.3) is 10.8 Å². The minimum atomic E-state index is -0.737. The van der Waals surface area contributed by atoms with Crippen LogP contribution in [0.3, 0.4) is 0 Å². The highest BCUT2D eigenvalue weighted by atomic mass is 16.4. The smallest absolute Gasteiger partial charge is 0.303 e. The fraction of sp³-hybridized carbons (Fsp3) is 0.150. The van der Waals surface area contributed by atoms with Gasteiger partial charge >= 0.3 is 5.97 Å². The van der Waals surface area contributed by atoms with Gasteiger partial charge in [0.15, 0.2) is 0 Å². The molecule has 3 nitrogen and oxygen atoms in total. The molecule has 0 saturated carbocycles. The van der Waals surface area contributed by atoms with E-state index in [9.17, 15) is 4.79 Å². The number of carboxylic acids is 1. The van der Waals surface area contributed by atoms with E-state index in [1.54, 1.807) is 0 Å². The Morgan fingerprint density at radius 2 is 1.65 bits per heavy atom. The SMILES string of the molecule is O=C(O)CCCc1ccc(Nc2cccc3ccccc23)cc1. The highest BCUT2D eigenvalue weighted by molar-refractivity contribution is 5.95. The molecule has 0 unspecified atom stereocenters. The van der Waals surface area contributed by atoms with Gasteiger partial charge in [-0.1, -0.05) is 48.5 Å². The van der Waals surface area contributed by atoms with Crippen LogP contribution in [0.15, 0.2) is 66.7 Å². The molecule has 0 aliphatic heterocycles. The molecule has 0 aromatic heterocycles. The first-order chi connectivity index (χ1) is 11.2. The number of hydrogen-bond donors (Lipinski definition) is 2. The molecule has 3 heteroatoms. The lowest BCUT2D eigenvalue weighted by molar-refractivity contribution is -0.137. The zero-order valence-corrected chi connectivity index (χ0v) is 12.8. The molecule has 23 heavy (non-hydrogen) atoms. The number of aryl methyl sites for hydroxylation is 1. The van der Waals surface area contributed by atoms with Crippen LogP contribution in [0, 0.1) is 0 Å². The second-order valence-corrected chi connectivity index (χ2v) is 5.60.